The number of halogens is 6. The van der Waals surface area contributed by atoms with E-state index in [9.17, 15) is 5.11 Å². The predicted molar refractivity (Wildman–Crippen MR) is 119 cm³/mol. The maximum Gasteiger partial charge on any atom is 0.220 e. The fraction of sp³-hybridized carbons (Fsp3) is 1.00. The summed E-state index contributed by atoms with van der Waals surface area (Å²) in [7, 11) is 0. The SMILES string of the molecule is CC(C)C[CH]([AlH2])C(O)(CC(C)C)CC(C)C.Cl.Cl.Cl.Cl.Cl.Cl.[W]. The fourth-order valence-corrected chi connectivity index (χ4v) is 4.24. The Bertz CT molecular complexity index is 202. The van der Waals surface area contributed by atoms with Gasteiger partial charge < -0.3 is 5.11 Å². The van der Waals surface area contributed by atoms with Crippen LogP contribution >= 0.6 is 74.4 Å². The van der Waals surface area contributed by atoms with Gasteiger partial charge in [-0.2, -0.15) is 0 Å². The second-order valence-corrected chi connectivity index (χ2v) is 8.22. The fourth-order valence-electron chi connectivity index (χ4n) is 2.83. The van der Waals surface area contributed by atoms with E-state index in [1.165, 1.54) is 6.42 Å². The van der Waals surface area contributed by atoms with Gasteiger partial charge in [-0.3, -0.25) is 0 Å². The minimum absolute atomic E-state index is 0. The minimum atomic E-state index is -0.404. The third kappa shape index (κ3) is 24.9. The summed E-state index contributed by atoms with van der Waals surface area (Å²) < 4.78 is 0.539. The van der Waals surface area contributed by atoms with Gasteiger partial charge in [-0.1, -0.05) is 52.7 Å². The van der Waals surface area contributed by atoms with Crippen LogP contribution in [0.2, 0.25) is 4.78 Å². The molecule has 9 heteroatoms. The van der Waals surface area contributed by atoms with Gasteiger partial charge in [-0.15, -0.1) is 74.4 Å². The van der Waals surface area contributed by atoms with Crippen LogP contribution in [0.4, 0.5) is 0 Å². The molecule has 0 aliphatic carbocycles. The largest absolute Gasteiger partial charge is 0.391 e. The normalized spacial score (nSPS) is 10.5. The first kappa shape index (κ1) is 50.1. The van der Waals surface area contributed by atoms with Gasteiger partial charge in [-0.05, 0) is 30.6 Å². The van der Waals surface area contributed by atoms with E-state index in [2.05, 4.69) is 41.5 Å². The van der Waals surface area contributed by atoms with Crippen molar-refractivity contribution in [2.24, 2.45) is 17.8 Å². The molecule has 0 aromatic carbocycles. The van der Waals surface area contributed by atoms with Crippen molar-refractivity contribution in [3.05, 3.63) is 0 Å². The van der Waals surface area contributed by atoms with Gasteiger partial charge in [0.05, 0.1) is 5.60 Å². The molecule has 0 radical (unpaired) electrons. The molecule has 0 aliphatic heterocycles. The molecule has 0 saturated carbocycles. The van der Waals surface area contributed by atoms with E-state index < -0.39 is 5.60 Å². The van der Waals surface area contributed by atoms with Crippen LogP contribution in [0.3, 0.4) is 0 Å². The van der Waals surface area contributed by atoms with Crippen molar-refractivity contribution >= 4 is 90.7 Å². The third-order valence-electron chi connectivity index (χ3n) is 3.27. The molecule has 1 atom stereocenters. The Hall–Kier alpha value is 2.92. The van der Waals surface area contributed by atoms with Crippen LogP contribution in [0, 0.1) is 17.8 Å². The molecule has 0 rings (SSSR count). The zero-order valence-corrected chi connectivity index (χ0v) is 25.1. The Morgan fingerprint density at radius 2 is 0.957 bits per heavy atom. The molecular formula is C14H37AlCl6OW. The van der Waals surface area contributed by atoms with Crippen molar-refractivity contribution in [2.75, 3.05) is 0 Å². The number of hydrogen-bond acceptors (Lipinski definition) is 1. The molecule has 0 fully saturated rings. The minimum Gasteiger partial charge on any atom is -0.391 e. The summed E-state index contributed by atoms with van der Waals surface area (Å²) in [4.78, 5) is 0. The van der Waals surface area contributed by atoms with E-state index >= 15 is 0 Å². The molecule has 0 amide bonds. The summed E-state index contributed by atoms with van der Waals surface area (Å²) in [5.74, 6) is 1.88. The summed E-state index contributed by atoms with van der Waals surface area (Å²) in [6, 6.07) is 0. The predicted octanol–water partition coefficient (Wildman–Crippen LogP) is 5.81. The number of rotatable bonds is 7. The van der Waals surface area contributed by atoms with Gasteiger partial charge in [0, 0.05) is 21.1 Å². The molecule has 0 heterocycles. The Morgan fingerprint density at radius 3 is 1.13 bits per heavy atom. The van der Waals surface area contributed by atoms with Crippen molar-refractivity contribution in [1.29, 1.82) is 0 Å². The van der Waals surface area contributed by atoms with E-state index in [4.69, 9.17) is 0 Å². The van der Waals surface area contributed by atoms with Crippen LogP contribution in [-0.4, -0.2) is 27.0 Å². The Balaban J connectivity index is -0.0000000536. The van der Waals surface area contributed by atoms with Crippen LogP contribution in [0.5, 0.6) is 0 Å². The number of aliphatic hydroxyl groups is 1. The molecule has 1 N–H and O–H groups in total. The van der Waals surface area contributed by atoms with Crippen LogP contribution < -0.4 is 0 Å². The standard InChI is InChI=1S/C14H29O.Al.6ClH.W.2H/c1-11(2)7-8-14(15,9-12(3)4)10-13(5)6;;;;;;;;;;/h8,11-13,15H,7,9-10H2,1-6H3;;6*1H;;;. The quantitative estimate of drug-likeness (QED) is 0.347. The van der Waals surface area contributed by atoms with E-state index in [1.54, 1.807) is 0 Å². The molecule has 1 nitrogen and oxygen atoms in total. The molecule has 23 heavy (non-hydrogen) atoms. The molecule has 0 bridgehead atoms. The van der Waals surface area contributed by atoms with E-state index in [-0.39, 0.29) is 95.5 Å². The second-order valence-electron chi connectivity index (χ2n) is 6.83. The van der Waals surface area contributed by atoms with Gasteiger partial charge in [0.1, 0.15) is 0 Å². The molecule has 0 aromatic heterocycles. The van der Waals surface area contributed by atoms with Gasteiger partial charge >= 0.3 is 0 Å². The van der Waals surface area contributed by atoms with Crippen molar-refractivity contribution in [3.8, 4) is 0 Å². The van der Waals surface area contributed by atoms with Crippen molar-refractivity contribution < 1.29 is 26.2 Å². The van der Waals surface area contributed by atoms with Crippen LogP contribution in [-0.2, 0) is 21.1 Å². The first-order valence-corrected chi connectivity index (χ1v) is 8.05. The van der Waals surface area contributed by atoms with Crippen molar-refractivity contribution in [2.45, 2.75) is 71.2 Å². The summed E-state index contributed by atoms with van der Waals surface area (Å²) in [6.07, 6.45) is 3.11. The van der Waals surface area contributed by atoms with E-state index in [1.807, 2.05) is 0 Å². The van der Waals surface area contributed by atoms with E-state index in [0.29, 0.717) is 22.5 Å². The maximum absolute atomic E-state index is 10.9. The molecule has 0 spiro atoms. The molecule has 1 unspecified atom stereocenters. The monoisotopic (exact) mass is 642 g/mol. The molecule has 150 valence electrons. The Kier molecular flexibility index (Phi) is 54.3. The van der Waals surface area contributed by atoms with Crippen LogP contribution in [0.1, 0.15) is 60.8 Å². The molecule has 0 aliphatic rings. The molecule has 0 aromatic rings. The van der Waals surface area contributed by atoms with Gasteiger partial charge in [0.2, 0.25) is 16.3 Å². The Morgan fingerprint density at radius 1 is 0.696 bits per heavy atom. The first-order valence-electron chi connectivity index (χ1n) is 6.89. The topological polar surface area (TPSA) is 20.2 Å². The second kappa shape index (κ2) is 24.9. The van der Waals surface area contributed by atoms with Crippen LogP contribution in [0.25, 0.3) is 0 Å². The Labute approximate surface area is 204 Å². The maximum atomic E-state index is 10.9. The zero-order valence-electron chi connectivity index (χ0n) is 15.2. The smallest absolute Gasteiger partial charge is 0.220 e. The number of hydrogen-bond donors (Lipinski definition) is 1. The molecular weight excluding hydrogens is 608 g/mol. The third-order valence-corrected chi connectivity index (χ3v) is 4.81. The van der Waals surface area contributed by atoms with Gasteiger partial charge in [0.25, 0.3) is 0 Å². The average Bonchev–Trinajstić information content (AvgIpc) is 1.98. The van der Waals surface area contributed by atoms with Crippen molar-refractivity contribution in [1.82, 2.24) is 0 Å². The van der Waals surface area contributed by atoms with Gasteiger partial charge in [-0.25, -0.2) is 0 Å². The van der Waals surface area contributed by atoms with Gasteiger partial charge in [0.15, 0.2) is 0 Å². The summed E-state index contributed by atoms with van der Waals surface area (Å²) in [5.41, 5.74) is -0.404. The molecule has 0 saturated heterocycles. The zero-order chi connectivity index (χ0) is 12.9. The van der Waals surface area contributed by atoms with E-state index in [0.717, 1.165) is 29.1 Å². The summed E-state index contributed by atoms with van der Waals surface area (Å²) in [5, 5.41) is 10.9. The average molecular weight is 645 g/mol. The first-order chi connectivity index (χ1) is 7.17. The van der Waals surface area contributed by atoms with Crippen molar-refractivity contribution in [3.63, 3.8) is 0 Å². The summed E-state index contributed by atoms with van der Waals surface area (Å²) >= 11 is 1.11. The summed E-state index contributed by atoms with van der Waals surface area (Å²) in [6.45, 7) is 13.4. The van der Waals surface area contributed by atoms with Crippen LogP contribution in [0.15, 0.2) is 0 Å².